The molecule has 0 saturated carbocycles. The Bertz CT molecular complexity index is 939. The van der Waals surface area contributed by atoms with Crippen LogP contribution in [-0.4, -0.2) is 36.0 Å². The highest BCUT2D eigenvalue weighted by atomic mass is 16.5. The third-order valence-corrected chi connectivity index (χ3v) is 5.03. The van der Waals surface area contributed by atoms with Gasteiger partial charge < -0.3 is 4.74 Å². The second-order valence-corrected chi connectivity index (χ2v) is 6.83. The van der Waals surface area contributed by atoms with Gasteiger partial charge in [0.1, 0.15) is 5.75 Å². The summed E-state index contributed by atoms with van der Waals surface area (Å²) < 4.78 is 5.13. The Morgan fingerprint density at radius 2 is 1.78 bits per heavy atom. The summed E-state index contributed by atoms with van der Waals surface area (Å²) in [5.41, 5.74) is 3.83. The highest BCUT2D eigenvalue weighted by Crippen LogP contribution is 2.33. The van der Waals surface area contributed by atoms with Crippen molar-refractivity contribution in [1.29, 1.82) is 0 Å². The maximum absolute atomic E-state index is 13.0. The number of carbonyl (C=O) groups excluding carboxylic acids is 2. The lowest BCUT2D eigenvalue weighted by Crippen LogP contribution is -2.39. The van der Waals surface area contributed by atoms with E-state index in [1.54, 1.807) is 36.4 Å². The van der Waals surface area contributed by atoms with Crippen LogP contribution in [0.3, 0.4) is 0 Å². The molecule has 0 N–H and O–H groups in total. The standard InChI is InChI=1S/C20H20N4O3/c1-12-4-5-13(2)14(10-12)11-23-18-17(21-22-23)19(25)24(20(18)26)15-6-8-16(27-3)9-7-15/h4-10,17-18H,11H2,1-3H3/t17-,18+/m0/s1. The van der Waals surface area contributed by atoms with Crippen molar-refractivity contribution in [2.45, 2.75) is 32.5 Å². The van der Waals surface area contributed by atoms with Crippen LogP contribution in [0.5, 0.6) is 5.75 Å². The lowest BCUT2D eigenvalue weighted by atomic mass is 10.0. The summed E-state index contributed by atoms with van der Waals surface area (Å²) in [5.74, 6) is 0.0159. The van der Waals surface area contributed by atoms with Crippen molar-refractivity contribution >= 4 is 17.5 Å². The largest absolute Gasteiger partial charge is 0.497 e. The van der Waals surface area contributed by atoms with Crippen molar-refractivity contribution in [3.8, 4) is 5.75 Å². The quantitative estimate of drug-likeness (QED) is 0.782. The van der Waals surface area contributed by atoms with Crippen LogP contribution in [0.1, 0.15) is 16.7 Å². The first-order valence-electron chi connectivity index (χ1n) is 8.75. The number of carbonyl (C=O) groups is 2. The van der Waals surface area contributed by atoms with Gasteiger partial charge in [-0.1, -0.05) is 29.0 Å². The number of benzene rings is 2. The number of rotatable bonds is 4. The van der Waals surface area contributed by atoms with Gasteiger partial charge in [0.2, 0.25) is 0 Å². The number of hydrogen-bond acceptors (Lipinski definition) is 6. The Labute approximate surface area is 157 Å². The predicted octanol–water partition coefficient (Wildman–Crippen LogP) is 2.81. The molecule has 0 spiro atoms. The van der Waals surface area contributed by atoms with E-state index in [-0.39, 0.29) is 11.8 Å². The van der Waals surface area contributed by atoms with E-state index in [1.165, 1.54) is 4.90 Å². The number of amides is 2. The second-order valence-electron chi connectivity index (χ2n) is 6.83. The third-order valence-electron chi connectivity index (χ3n) is 5.03. The number of aryl methyl sites for hydroxylation is 2. The summed E-state index contributed by atoms with van der Waals surface area (Å²) in [4.78, 5) is 27.0. The molecule has 2 amide bonds. The molecule has 27 heavy (non-hydrogen) atoms. The molecule has 7 heteroatoms. The van der Waals surface area contributed by atoms with Crippen molar-refractivity contribution in [1.82, 2.24) is 5.01 Å². The molecule has 0 bridgehead atoms. The van der Waals surface area contributed by atoms with Crippen LogP contribution in [0.25, 0.3) is 0 Å². The van der Waals surface area contributed by atoms with E-state index in [2.05, 4.69) is 16.4 Å². The van der Waals surface area contributed by atoms with Crippen LogP contribution < -0.4 is 9.64 Å². The van der Waals surface area contributed by atoms with Crippen LogP contribution in [0.15, 0.2) is 52.8 Å². The number of imide groups is 1. The molecule has 4 rings (SSSR count). The number of ether oxygens (including phenoxy) is 1. The van der Waals surface area contributed by atoms with Crippen molar-refractivity contribution < 1.29 is 14.3 Å². The van der Waals surface area contributed by atoms with Gasteiger partial charge in [0.15, 0.2) is 12.1 Å². The Kier molecular flexibility index (Phi) is 4.14. The third kappa shape index (κ3) is 2.85. The average Bonchev–Trinajstić information content (AvgIpc) is 3.18. The van der Waals surface area contributed by atoms with E-state index in [9.17, 15) is 9.59 Å². The normalized spacial score (nSPS) is 21.1. The molecule has 0 aromatic heterocycles. The van der Waals surface area contributed by atoms with E-state index in [0.29, 0.717) is 18.0 Å². The molecule has 2 aromatic rings. The zero-order valence-electron chi connectivity index (χ0n) is 15.4. The molecule has 0 radical (unpaired) electrons. The SMILES string of the molecule is COc1ccc(N2C(=O)[C@H]3N=NN(Cc4cc(C)ccc4C)[C@H]3C2=O)cc1. The average molecular weight is 364 g/mol. The molecule has 1 saturated heterocycles. The first-order valence-corrected chi connectivity index (χ1v) is 8.75. The molecule has 0 aliphatic carbocycles. The van der Waals surface area contributed by atoms with E-state index in [0.717, 1.165) is 16.7 Å². The maximum atomic E-state index is 13.0. The highest BCUT2D eigenvalue weighted by Gasteiger charge is 2.54. The number of anilines is 1. The number of nitrogens with zero attached hydrogens (tertiary/aromatic N) is 4. The minimum Gasteiger partial charge on any atom is -0.497 e. The van der Waals surface area contributed by atoms with Crippen molar-refractivity contribution in [2.24, 2.45) is 10.3 Å². The number of fused-ring (bicyclic) bond motifs is 1. The lowest BCUT2D eigenvalue weighted by molar-refractivity contribution is -0.123. The smallest absolute Gasteiger partial charge is 0.263 e. The monoisotopic (exact) mass is 364 g/mol. The van der Waals surface area contributed by atoms with Gasteiger partial charge >= 0.3 is 0 Å². The van der Waals surface area contributed by atoms with Crippen molar-refractivity contribution in [3.63, 3.8) is 0 Å². The minimum atomic E-state index is -0.787. The molecule has 0 unspecified atom stereocenters. The van der Waals surface area contributed by atoms with Gasteiger partial charge in [0, 0.05) is 0 Å². The van der Waals surface area contributed by atoms with Gasteiger partial charge in [-0.15, -0.1) is 0 Å². The van der Waals surface area contributed by atoms with Crippen LogP contribution in [-0.2, 0) is 16.1 Å². The summed E-state index contributed by atoms with van der Waals surface area (Å²) in [6, 6.07) is 11.5. The molecule has 2 aliphatic rings. The molecular weight excluding hydrogens is 344 g/mol. The minimum absolute atomic E-state index is 0.300. The zero-order chi connectivity index (χ0) is 19.1. The predicted molar refractivity (Wildman–Crippen MR) is 99.4 cm³/mol. The molecule has 1 fully saturated rings. The van der Waals surface area contributed by atoms with Crippen LogP contribution in [0.4, 0.5) is 5.69 Å². The molecule has 2 aliphatic heterocycles. The van der Waals surface area contributed by atoms with E-state index in [1.807, 2.05) is 26.0 Å². The molecule has 2 aromatic carbocycles. The van der Waals surface area contributed by atoms with Gasteiger partial charge in [-0.3, -0.25) is 14.6 Å². The summed E-state index contributed by atoms with van der Waals surface area (Å²) >= 11 is 0. The fourth-order valence-corrected chi connectivity index (χ4v) is 3.48. The Morgan fingerprint density at radius 3 is 2.48 bits per heavy atom. The van der Waals surface area contributed by atoms with E-state index in [4.69, 9.17) is 4.74 Å². The Morgan fingerprint density at radius 1 is 1.04 bits per heavy atom. The fraction of sp³-hybridized carbons (Fsp3) is 0.300. The summed E-state index contributed by atoms with van der Waals surface area (Å²) in [6.07, 6.45) is 0. The summed E-state index contributed by atoms with van der Waals surface area (Å²) in [7, 11) is 1.57. The van der Waals surface area contributed by atoms with Crippen molar-refractivity contribution in [2.75, 3.05) is 12.0 Å². The molecule has 2 atom stereocenters. The number of methoxy groups -OCH3 is 1. The molecule has 7 nitrogen and oxygen atoms in total. The van der Waals surface area contributed by atoms with E-state index >= 15 is 0 Å². The van der Waals surface area contributed by atoms with Crippen LogP contribution in [0, 0.1) is 13.8 Å². The van der Waals surface area contributed by atoms with Crippen LogP contribution >= 0.6 is 0 Å². The number of hydrogen-bond donors (Lipinski definition) is 0. The van der Waals surface area contributed by atoms with Crippen molar-refractivity contribution in [3.05, 3.63) is 59.2 Å². The van der Waals surface area contributed by atoms with Gasteiger partial charge in [-0.05, 0) is 49.2 Å². The van der Waals surface area contributed by atoms with Gasteiger partial charge in [-0.25, -0.2) is 4.90 Å². The second kappa shape index (κ2) is 6.50. The summed E-state index contributed by atoms with van der Waals surface area (Å²) in [5, 5.41) is 9.82. The van der Waals surface area contributed by atoms with Gasteiger partial charge in [0.05, 0.1) is 19.3 Å². The topological polar surface area (TPSA) is 74.6 Å². The van der Waals surface area contributed by atoms with Gasteiger partial charge in [-0.2, -0.15) is 5.11 Å². The maximum Gasteiger partial charge on any atom is 0.263 e. The fourth-order valence-electron chi connectivity index (χ4n) is 3.48. The Hall–Kier alpha value is -3.22. The Balaban J connectivity index is 1.60. The lowest BCUT2D eigenvalue weighted by Gasteiger charge is -2.21. The van der Waals surface area contributed by atoms with Gasteiger partial charge in [0.25, 0.3) is 11.8 Å². The van der Waals surface area contributed by atoms with Crippen LogP contribution in [0.2, 0.25) is 0 Å². The van der Waals surface area contributed by atoms with E-state index < -0.39 is 12.1 Å². The first kappa shape index (κ1) is 17.2. The molecule has 138 valence electrons. The zero-order valence-corrected chi connectivity index (χ0v) is 15.4. The first-order chi connectivity index (χ1) is 13.0. The molecular formula is C20H20N4O3. The molecule has 2 heterocycles. The summed E-state index contributed by atoms with van der Waals surface area (Å²) in [6.45, 7) is 4.48. The highest BCUT2D eigenvalue weighted by molar-refractivity contribution is 6.25.